The second kappa shape index (κ2) is 6.22. The molecule has 0 aromatic carbocycles. The van der Waals surface area contributed by atoms with Crippen LogP contribution in [0.25, 0.3) is 0 Å². The molecular weight excluding hydrogens is 264 g/mol. The van der Waals surface area contributed by atoms with Gasteiger partial charge in [-0.15, -0.1) is 0 Å². The predicted octanol–water partition coefficient (Wildman–Crippen LogP) is 2.99. The van der Waals surface area contributed by atoms with E-state index in [4.69, 9.17) is 4.74 Å². The van der Waals surface area contributed by atoms with E-state index in [-0.39, 0.29) is 0 Å². The molecule has 0 radical (unpaired) electrons. The minimum absolute atomic E-state index is 0.430. The molecule has 0 amide bonds. The predicted molar refractivity (Wildman–Crippen MR) is 82.6 cm³/mol. The molecule has 2 rings (SSSR count). The summed E-state index contributed by atoms with van der Waals surface area (Å²) >= 11 is 0. The van der Waals surface area contributed by atoms with Gasteiger partial charge in [-0.3, -0.25) is 9.97 Å². The molecule has 0 aliphatic carbocycles. The first-order chi connectivity index (χ1) is 9.93. The quantitative estimate of drug-likeness (QED) is 0.938. The summed E-state index contributed by atoms with van der Waals surface area (Å²) in [6.45, 7) is 7.89. The van der Waals surface area contributed by atoms with E-state index in [0.717, 1.165) is 33.7 Å². The summed E-state index contributed by atoms with van der Waals surface area (Å²) in [6.07, 6.45) is 3.33. The lowest BCUT2D eigenvalue weighted by Gasteiger charge is -2.16. The van der Waals surface area contributed by atoms with E-state index in [1.807, 2.05) is 33.8 Å². The van der Waals surface area contributed by atoms with Crippen molar-refractivity contribution in [3.05, 3.63) is 52.1 Å². The van der Waals surface area contributed by atoms with Crippen LogP contribution >= 0.6 is 0 Å². The first-order valence-electron chi connectivity index (χ1n) is 7.04. The fourth-order valence-electron chi connectivity index (χ4n) is 2.63. The van der Waals surface area contributed by atoms with Crippen molar-refractivity contribution in [2.45, 2.75) is 40.2 Å². The number of aryl methyl sites for hydroxylation is 3. The molecule has 0 fully saturated rings. The Labute approximate surface area is 125 Å². The molecule has 4 nitrogen and oxygen atoms in total. The van der Waals surface area contributed by atoms with E-state index < -0.39 is 6.10 Å². The van der Waals surface area contributed by atoms with Gasteiger partial charge in [-0.05, 0) is 38.8 Å². The third-order valence-corrected chi connectivity index (χ3v) is 3.71. The molecule has 112 valence electrons. The van der Waals surface area contributed by atoms with E-state index in [1.165, 1.54) is 0 Å². The Morgan fingerprint density at radius 2 is 1.81 bits per heavy atom. The largest absolute Gasteiger partial charge is 0.496 e. The van der Waals surface area contributed by atoms with Crippen molar-refractivity contribution in [2.75, 3.05) is 7.11 Å². The average Bonchev–Trinajstić information content (AvgIpc) is 2.42. The minimum atomic E-state index is -0.663. The summed E-state index contributed by atoms with van der Waals surface area (Å²) in [4.78, 5) is 8.79. The third kappa shape index (κ3) is 3.22. The Morgan fingerprint density at radius 1 is 1.10 bits per heavy atom. The molecule has 0 aliphatic rings. The number of hydrogen-bond donors (Lipinski definition) is 1. The van der Waals surface area contributed by atoms with Gasteiger partial charge in [0.25, 0.3) is 0 Å². The van der Waals surface area contributed by atoms with Gasteiger partial charge in [-0.2, -0.15) is 0 Å². The first-order valence-corrected chi connectivity index (χ1v) is 7.04. The van der Waals surface area contributed by atoms with Crippen molar-refractivity contribution in [2.24, 2.45) is 0 Å². The van der Waals surface area contributed by atoms with Crippen molar-refractivity contribution in [1.82, 2.24) is 9.97 Å². The van der Waals surface area contributed by atoms with Crippen molar-refractivity contribution in [3.63, 3.8) is 0 Å². The van der Waals surface area contributed by atoms with E-state index in [0.29, 0.717) is 12.1 Å². The number of methoxy groups -OCH3 is 1. The van der Waals surface area contributed by atoms with Crippen LogP contribution in [-0.2, 0) is 6.42 Å². The normalized spacial score (nSPS) is 12.3. The summed E-state index contributed by atoms with van der Waals surface area (Å²) in [5.41, 5.74) is 5.61. The topological polar surface area (TPSA) is 55.2 Å². The zero-order valence-corrected chi connectivity index (χ0v) is 13.3. The SMILES string of the molecule is COc1c(C)cnc(CC(O)c2ncc(C)cc2C)c1C. The van der Waals surface area contributed by atoms with Crippen LogP contribution in [0.5, 0.6) is 5.75 Å². The summed E-state index contributed by atoms with van der Waals surface area (Å²) < 4.78 is 5.41. The van der Waals surface area contributed by atoms with Gasteiger partial charge >= 0.3 is 0 Å². The zero-order valence-electron chi connectivity index (χ0n) is 13.3. The van der Waals surface area contributed by atoms with Crippen LogP contribution in [0.3, 0.4) is 0 Å². The van der Waals surface area contributed by atoms with Crippen LogP contribution in [0.2, 0.25) is 0 Å². The highest BCUT2D eigenvalue weighted by atomic mass is 16.5. The number of aromatic nitrogens is 2. The van der Waals surface area contributed by atoms with Crippen LogP contribution in [0.1, 0.15) is 39.7 Å². The van der Waals surface area contributed by atoms with Gasteiger partial charge in [0.15, 0.2) is 0 Å². The lowest BCUT2D eigenvalue weighted by atomic mass is 10.0. The molecule has 4 heteroatoms. The standard InChI is InChI=1S/C17H22N2O2/c1-10-6-11(2)16(19-8-10)15(20)7-14-13(4)17(21-5)12(3)9-18-14/h6,8-9,15,20H,7H2,1-5H3. The van der Waals surface area contributed by atoms with Crippen LogP contribution in [0.4, 0.5) is 0 Å². The molecule has 2 aromatic rings. The maximum absolute atomic E-state index is 10.5. The Kier molecular flexibility index (Phi) is 4.58. The molecule has 0 saturated heterocycles. The van der Waals surface area contributed by atoms with Crippen LogP contribution in [-0.4, -0.2) is 22.2 Å². The highest BCUT2D eigenvalue weighted by molar-refractivity contribution is 5.41. The number of aliphatic hydroxyl groups is 1. The number of rotatable bonds is 4. The van der Waals surface area contributed by atoms with Crippen LogP contribution in [0, 0.1) is 27.7 Å². The Morgan fingerprint density at radius 3 is 2.43 bits per heavy atom. The fraction of sp³-hybridized carbons (Fsp3) is 0.412. The zero-order chi connectivity index (χ0) is 15.6. The maximum atomic E-state index is 10.5. The average molecular weight is 286 g/mol. The van der Waals surface area contributed by atoms with E-state index in [1.54, 1.807) is 19.5 Å². The number of ether oxygens (including phenoxy) is 1. The molecule has 0 aliphatic heterocycles. The Hall–Kier alpha value is -1.94. The highest BCUT2D eigenvalue weighted by Gasteiger charge is 2.17. The molecule has 0 saturated carbocycles. The lowest BCUT2D eigenvalue weighted by molar-refractivity contribution is 0.171. The fourth-order valence-corrected chi connectivity index (χ4v) is 2.63. The molecule has 0 spiro atoms. The van der Waals surface area contributed by atoms with Gasteiger partial charge in [-0.1, -0.05) is 6.07 Å². The van der Waals surface area contributed by atoms with E-state index in [2.05, 4.69) is 9.97 Å². The van der Waals surface area contributed by atoms with Crippen LogP contribution in [0.15, 0.2) is 18.5 Å². The molecule has 1 N–H and O–H groups in total. The lowest BCUT2D eigenvalue weighted by Crippen LogP contribution is -2.10. The molecule has 1 unspecified atom stereocenters. The molecular formula is C17H22N2O2. The van der Waals surface area contributed by atoms with E-state index >= 15 is 0 Å². The number of nitrogens with zero attached hydrogens (tertiary/aromatic N) is 2. The number of pyridine rings is 2. The monoisotopic (exact) mass is 286 g/mol. The Bertz CT molecular complexity index is 653. The van der Waals surface area contributed by atoms with Gasteiger partial charge in [0, 0.05) is 35.6 Å². The van der Waals surface area contributed by atoms with Gasteiger partial charge < -0.3 is 9.84 Å². The summed E-state index contributed by atoms with van der Waals surface area (Å²) in [7, 11) is 1.65. The summed E-state index contributed by atoms with van der Waals surface area (Å²) in [5.74, 6) is 0.834. The van der Waals surface area contributed by atoms with Crippen LogP contribution < -0.4 is 4.74 Å². The third-order valence-electron chi connectivity index (χ3n) is 3.71. The molecule has 2 aromatic heterocycles. The van der Waals surface area contributed by atoms with Gasteiger partial charge in [0.1, 0.15) is 11.9 Å². The minimum Gasteiger partial charge on any atom is -0.496 e. The van der Waals surface area contributed by atoms with Gasteiger partial charge in [-0.25, -0.2) is 0 Å². The Balaban J connectivity index is 2.29. The van der Waals surface area contributed by atoms with Crippen molar-refractivity contribution >= 4 is 0 Å². The van der Waals surface area contributed by atoms with Crippen molar-refractivity contribution in [3.8, 4) is 5.75 Å². The van der Waals surface area contributed by atoms with Gasteiger partial charge in [0.2, 0.25) is 0 Å². The summed E-state index contributed by atoms with van der Waals surface area (Å²) in [5, 5.41) is 10.5. The van der Waals surface area contributed by atoms with E-state index in [9.17, 15) is 5.11 Å². The highest BCUT2D eigenvalue weighted by Crippen LogP contribution is 2.27. The second-order valence-corrected chi connectivity index (χ2v) is 5.48. The maximum Gasteiger partial charge on any atom is 0.128 e. The van der Waals surface area contributed by atoms with Gasteiger partial charge in [0.05, 0.1) is 12.8 Å². The molecule has 21 heavy (non-hydrogen) atoms. The van der Waals surface area contributed by atoms with Crippen molar-refractivity contribution in [1.29, 1.82) is 0 Å². The second-order valence-electron chi connectivity index (χ2n) is 5.48. The first kappa shape index (κ1) is 15.4. The molecule has 0 bridgehead atoms. The molecule has 2 heterocycles. The molecule has 1 atom stereocenters. The number of hydrogen-bond acceptors (Lipinski definition) is 4. The summed E-state index contributed by atoms with van der Waals surface area (Å²) in [6, 6.07) is 2.03. The number of aliphatic hydroxyl groups excluding tert-OH is 1. The smallest absolute Gasteiger partial charge is 0.128 e. The van der Waals surface area contributed by atoms with Crippen molar-refractivity contribution < 1.29 is 9.84 Å².